The molecule has 0 fully saturated rings. The fourth-order valence-electron chi connectivity index (χ4n) is 3.97. The molecule has 1 N–H and O–H groups in total. The van der Waals surface area contributed by atoms with Crippen LogP contribution >= 0.6 is 15.9 Å². The first-order valence-corrected chi connectivity index (χ1v) is 15.8. The van der Waals surface area contributed by atoms with Gasteiger partial charge in [0, 0.05) is 17.6 Å². The predicted octanol–water partition coefficient (Wildman–Crippen LogP) is 5.13. The summed E-state index contributed by atoms with van der Waals surface area (Å²) >= 11 is 3.41. The van der Waals surface area contributed by atoms with Gasteiger partial charge >= 0.3 is 0 Å². The summed E-state index contributed by atoms with van der Waals surface area (Å²) in [6.45, 7) is 4.26. The number of benzene rings is 3. The highest BCUT2D eigenvalue weighted by molar-refractivity contribution is 9.10. The number of unbranched alkanes of at least 4 members (excludes halogenated alkanes) is 1. The molecule has 2 amide bonds. The van der Waals surface area contributed by atoms with Crippen LogP contribution in [0.15, 0.2) is 83.3 Å². The number of carbonyl (C=O) groups is 2. The minimum absolute atomic E-state index is 0.151. The van der Waals surface area contributed by atoms with Crippen molar-refractivity contribution in [1.29, 1.82) is 0 Å². The Bertz CT molecular complexity index is 1350. The largest absolute Gasteiger partial charge is 0.489 e. The topological polar surface area (TPSA) is 96.0 Å². The van der Waals surface area contributed by atoms with Crippen LogP contribution in [-0.4, -0.2) is 50.5 Å². The molecule has 0 bridgehead atoms. The van der Waals surface area contributed by atoms with Crippen LogP contribution in [0.3, 0.4) is 0 Å². The number of amides is 2. The van der Waals surface area contributed by atoms with Crippen molar-refractivity contribution in [2.75, 3.05) is 23.7 Å². The average molecular weight is 631 g/mol. The number of sulfonamides is 1. The average Bonchev–Trinajstić information content (AvgIpc) is 2.94. The number of anilines is 1. The van der Waals surface area contributed by atoms with Gasteiger partial charge in [0.05, 0.1) is 11.9 Å². The Morgan fingerprint density at radius 2 is 1.60 bits per heavy atom. The van der Waals surface area contributed by atoms with Crippen molar-refractivity contribution in [3.05, 3.63) is 94.5 Å². The number of nitrogens with one attached hydrogen (secondary N) is 1. The van der Waals surface area contributed by atoms with E-state index in [-0.39, 0.29) is 12.5 Å². The molecule has 3 rings (SSSR count). The normalized spacial score (nSPS) is 11.9. The standard InChI is InChI=1S/C30H36BrN3O5S/c1-4-5-19-32-30(36)23(2)33(20-24-11-13-26(31)14-12-24)29(35)21-34(40(3,37)38)27-15-17-28(18-16-27)39-22-25-9-7-6-8-10-25/h6-18,23H,4-5,19-22H2,1-3H3,(H,32,36). The lowest BCUT2D eigenvalue weighted by Gasteiger charge is -2.31. The van der Waals surface area contributed by atoms with Crippen molar-refractivity contribution in [1.82, 2.24) is 10.2 Å². The fourth-order valence-corrected chi connectivity index (χ4v) is 5.08. The van der Waals surface area contributed by atoms with Gasteiger partial charge in [-0.2, -0.15) is 0 Å². The summed E-state index contributed by atoms with van der Waals surface area (Å²) in [6, 6.07) is 22.9. The number of hydrogen-bond acceptors (Lipinski definition) is 5. The summed E-state index contributed by atoms with van der Waals surface area (Å²) in [6.07, 6.45) is 2.81. The Balaban J connectivity index is 1.79. The van der Waals surface area contributed by atoms with Crippen LogP contribution in [0.5, 0.6) is 5.75 Å². The fraction of sp³-hybridized carbons (Fsp3) is 0.333. The summed E-state index contributed by atoms with van der Waals surface area (Å²) in [5.41, 5.74) is 2.15. The van der Waals surface area contributed by atoms with Crippen LogP contribution in [0, 0.1) is 0 Å². The molecule has 0 heterocycles. The molecular formula is C30H36BrN3O5S. The lowest BCUT2D eigenvalue weighted by molar-refractivity contribution is -0.139. The Hall–Kier alpha value is -3.37. The van der Waals surface area contributed by atoms with Crippen molar-refractivity contribution < 1.29 is 22.7 Å². The SMILES string of the molecule is CCCCNC(=O)C(C)N(Cc1ccc(Br)cc1)C(=O)CN(c1ccc(OCc2ccccc2)cc1)S(C)(=O)=O. The molecule has 10 heteroatoms. The van der Waals surface area contributed by atoms with Gasteiger partial charge in [-0.05, 0) is 60.9 Å². The van der Waals surface area contributed by atoms with E-state index in [0.717, 1.165) is 39.0 Å². The van der Waals surface area contributed by atoms with Crippen molar-refractivity contribution in [3.63, 3.8) is 0 Å². The van der Waals surface area contributed by atoms with Gasteiger partial charge in [0.25, 0.3) is 0 Å². The first-order chi connectivity index (χ1) is 19.1. The zero-order chi connectivity index (χ0) is 29.1. The molecule has 0 saturated heterocycles. The Morgan fingerprint density at radius 1 is 0.950 bits per heavy atom. The number of halogens is 1. The minimum atomic E-state index is -3.82. The van der Waals surface area contributed by atoms with Gasteiger partial charge in [-0.25, -0.2) is 8.42 Å². The highest BCUT2D eigenvalue weighted by Crippen LogP contribution is 2.23. The molecule has 1 unspecified atom stereocenters. The van der Waals surface area contributed by atoms with Crippen LogP contribution in [-0.2, 0) is 32.8 Å². The Morgan fingerprint density at radius 3 is 2.20 bits per heavy atom. The van der Waals surface area contributed by atoms with Gasteiger partial charge in [0.2, 0.25) is 21.8 Å². The second-order valence-corrected chi connectivity index (χ2v) is 12.3. The van der Waals surface area contributed by atoms with Gasteiger partial charge in [0.15, 0.2) is 0 Å². The number of carbonyl (C=O) groups excluding carboxylic acids is 2. The molecule has 1 atom stereocenters. The molecule has 0 aliphatic rings. The van der Waals surface area contributed by atoms with Crippen LogP contribution in [0.25, 0.3) is 0 Å². The zero-order valence-electron chi connectivity index (χ0n) is 23.0. The molecular weight excluding hydrogens is 594 g/mol. The zero-order valence-corrected chi connectivity index (χ0v) is 25.4. The van der Waals surface area contributed by atoms with Crippen molar-refractivity contribution >= 4 is 43.5 Å². The van der Waals surface area contributed by atoms with Gasteiger partial charge in [-0.1, -0.05) is 71.7 Å². The highest BCUT2D eigenvalue weighted by Gasteiger charge is 2.30. The van der Waals surface area contributed by atoms with Gasteiger partial charge in [-0.15, -0.1) is 0 Å². The van der Waals surface area contributed by atoms with E-state index in [9.17, 15) is 18.0 Å². The molecule has 8 nitrogen and oxygen atoms in total. The molecule has 3 aromatic carbocycles. The molecule has 0 saturated carbocycles. The van der Waals surface area contributed by atoms with Crippen LogP contribution in [0.4, 0.5) is 5.69 Å². The number of nitrogens with zero attached hydrogens (tertiary/aromatic N) is 2. The minimum Gasteiger partial charge on any atom is -0.489 e. The molecule has 3 aromatic rings. The van der Waals surface area contributed by atoms with E-state index in [1.54, 1.807) is 31.2 Å². The number of ether oxygens (including phenoxy) is 1. The highest BCUT2D eigenvalue weighted by atomic mass is 79.9. The number of hydrogen-bond donors (Lipinski definition) is 1. The number of rotatable bonds is 14. The van der Waals surface area contributed by atoms with E-state index in [1.165, 1.54) is 4.90 Å². The summed E-state index contributed by atoms with van der Waals surface area (Å²) in [4.78, 5) is 28.0. The van der Waals surface area contributed by atoms with Gasteiger partial charge < -0.3 is 15.0 Å². The Kier molecular flexibility index (Phi) is 11.6. The predicted molar refractivity (Wildman–Crippen MR) is 161 cm³/mol. The van der Waals surface area contributed by atoms with Gasteiger partial charge in [0.1, 0.15) is 24.9 Å². The summed E-state index contributed by atoms with van der Waals surface area (Å²) in [5.74, 6) is -0.206. The molecule has 0 spiro atoms. The lowest BCUT2D eigenvalue weighted by atomic mass is 10.1. The van der Waals surface area contributed by atoms with E-state index in [2.05, 4.69) is 21.2 Å². The first-order valence-electron chi connectivity index (χ1n) is 13.1. The van der Waals surface area contributed by atoms with E-state index >= 15 is 0 Å². The smallest absolute Gasteiger partial charge is 0.244 e. The van der Waals surface area contributed by atoms with E-state index < -0.39 is 28.5 Å². The quantitative estimate of drug-likeness (QED) is 0.250. The van der Waals surface area contributed by atoms with Crippen LogP contribution in [0.1, 0.15) is 37.8 Å². The summed E-state index contributed by atoms with van der Waals surface area (Å²) in [7, 11) is -3.82. The summed E-state index contributed by atoms with van der Waals surface area (Å²) in [5, 5.41) is 2.87. The maximum absolute atomic E-state index is 13.7. The molecule has 0 aliphatic heterocycles. The molecule has 0 aliphatic carbocycles. The van der Waals surface area contributed by atoms with Crippen molar-refractivity contribution in [2.24, 2.45) is 0 Å². The van der Waals surface area contributed by atoms with Crippen LogP contribution < -0.4 is 14.4 Å². The van der Waals surface area contributed by atoms with E-state index in [4.69, 9.17) is 4.74 Å². The molecule has 40 heavy (non-hydrogen) atoms. The third-order valence-corrected chi connectivity index (χ3v) is 7.98. The monoisotopic (exact) mass is 629 g/mol. The van der Waals surface area contributed by atoms with E-state index in [0.29, 0.717) is 24.6 Å². The summed E-state index contributed by atoms with van der Waals surface area (Å²) < 4.78 is 33.3. The second kappa shape index (κ2) is 14.9. The lowest BCUT2D eigenvalue weighted by Crippen LogP contribution is -2.51. The van der Waals surface area contributed by atoms with Crippen LogP contribution in [0.2, 0.25) is 0 Å². The van der Waals surface area contributed by atoms with Crippen molar-refractivity contribution in [2.45, 2.75) is 45.9 Å². The third-order valence-electron chi connectivity index (χ3n) is 6.32. The first kappa shape index (κ1) is 31.2. The van der Waals surface area contributed by atoms with Gasteiger partial charge in [-0.3, -0.25) is 13.9 Å². The Labute approximate surface area is 245 Å². The maximum atomic E-state index is 13.7. The van der Waals surface area contributed by atoms with E-state index in [1.807, 2.05) is 61.5 Å². The molecule has 0 radical (unpaired) electrons. The third kappa shape index (κ3) is 9.38. The molecule has 0 aromatic heterocycles. The second-order valence-electron chi connectivity index (χ2n) is 9.51. The van der Waals surface area contributed by atoms with Crippen molar-refractivity contribution in [3.8, 4) is 5.75 Å². The maximum Gasteiger partial charge on any atom is 0.244 e. The molecule has 214 valence electrons.